The maximum absolute atomic E-state index is 11.7. The molecule has 0 radical (unpaired) electrons. The normalized spacial score (nSPS) is 10.1. The van der Waals surface area contributed by atoms with E-state index in [1.165, 1.54) is 18.6 Å². The van der Waals surface area contributed by atoms with Crippen molar-refractivity contribution in [2.45, 2.75) is 0 Å². The molecule has 0 aliphatic carbocycles. The van der Waals surface area contributed by atoms with Crippen molar-refractivity contribution < 1.29 is 9.53 Å². The molecule has 20 heavy (non-hydrogen) atoms. The lowest BCUT2D eigenvalue weighted by Gasteiger charge is -2.10. The number of amides is 1. The molecule has 0 bridgehead atoms. The molecule has 0 saturated carbocycles. The molecule has 2 rings (SSSR count). The van der Waals surface area contributed by atoms with Crippen LogP contribution in [0.3, 0.4) is 0 Å². The molecule has 5 nitrogen and oxygen atoms in total. The molecule has 1 N–H and O–H groups in total. The highest BCUT2D eigenvalue weighted by atomic mass is 35.5. The van der Waals surface area contributed by atoms with Gasteiger partial charge in [-0.2, -0.15) is 0 Å². The second kappa shape index (κ2) is 7.07. The van der Waals surface area contributed by atoms with Crippen LogP contribution in [-0.2, 0) is 0 Å². The minimum Gasteiger partial charge on any atom is -0.489 e. The van der Waals surface area contributed by atoms with Crippen molar-refractivity contribution in [2.75, 3.05) is 13.2 Å². The maximum atomic E-state index is 11.7. The summed E-state index contributed by atoms with van der Waals surface area (Å²) in [5.74, 6) is 0.0940. The van der Waals surface area contributed by atoms with Gasteiger partial charge in [0.05, 0.1) is 22.8 Å². The van der Waals surface area contributed by atoms with Gasteiger partial charge in [-0.05, 0) is 12.1 Å². The lowest BCUT2D eigenvalue weighted by Crippen LogP contribution is -2.28. The Morgan fingerprint density at radius 3 is 2.65 bits per heavy atom. The van der Waals surface area contributed by atoms with E-state index in [1.807, 2.05) is 0 Å². The van der Waals surface area contributed by atoms with Crippen LogP contribution in [0, 0.1) is 0 Å². The molecule has 0 aliphatic heterocycles. The van der Waals surface area contributed by atoms with E-state index >= 15 is 0 Å². The summed E-state index contributed by atoms with van der Waals surface area (Å²) in [5, 5.41) is 3.51. The van der Waals surface area contributed by atoms with E-state index < -0.39 is 0 Å². The van der Waals surface area contributed by atoms with Crippen LogP contribution in [0.4, 0.5) is 0 Å². The molecule has 0 fully saturated rings. The first-order valence-electron chi connectivity index (χ1n) is 5.79. The van der Waals surface area contributed by atoms with E-state index in [4.69, 9.17) is 27.9 Å². The summed E-state index contributed by atoms with van der Waals surface area (Å²) in [7, 11) is 0. The van der Waals surface area contributed by atoms with E-state index in [9.17, 15) is 4.79 Å². The Morgan fingerprint density at radius 2 is 2.00 bits per heavy atom. The zero-order valence-corrected chi connectivity index (χ0v) is 11.9. The lowest BCUT2D eigenvalue weighted by atomic mass is 10.3. The molecular weight excluding hydrogens is 301 g/mol. The van der Waals surface area contributed by atoms with Gasteiger partial charge < -0.3 is 10.1 Å². The average molecular weight is 312 g/mol. The number of nitrogens with one attached hydrogen (secondary N) is 1. The van der Waals surface area contributed by atoms with Gasteiger partial charge in [0.15, 0.2) is 5.75 Å². The SMILES string of the molecule is O=C(NCCOc1c(Cl)cccc1Cl)c1cnccn1. The summed E-state index contributed by atoms with van der Waals surface area (Å²) in [6, 6.07) is 5.09. The third kappa shape index (κ3) is 3.82. The van der Waals surface area contributed by atoms with Gasteiger partial charge in [-0.15, -0.1) is 0 Å². The van der Waals surface area contributed by atoms with E-state index in [-0.39, 0.29) is 18.2 Å². The second-order valence-electron chi connectivity index (χ2n) is 3.75. The smallest absolute Gasteiger partial charge is 0.271 e. The van der Waals surface area contributed by atoms with Gasteiger partial charge in [0.25, 0.3) is 5.91 Å². The number of hydrogen-bond donors (Lipinski definition) is 1. The fourth-order valence-electron chi connectivity index (χ4n) is 1.44. The van der Waals surface area contributed by atoms with Gasteiger partial charge in [-0.3, -0.25) is 9.78 Å². The number of para-hydroxylation sites is 1. The van der Waals surface area contributed by atoms with E-state index in [0.717, 1.165) is 0 Å². The van der Waals surface area contributed by atoms with Crippen LogP contribution in [-0.4, -0.2) is 29.0 Å². The van der Waals surface area contributed by atoms with Crippen molar-refractivity contribution >= 4 is 29.1 Å². The number of nitrogens with zero attached hydrogens (tertiary/aromatic N) is 2. The molecule has 2 aromatic rings. The summed E-state index contributed by atoms with van der Waals surface area (Å²) >= 11 is 11.9. The number of benzene rings is 1. The Hall–Kier alpha value is -1.85. The van der Waals surface area contributed by atoms with Crippen LogP contribution < -0.4 is 10.1 Å². The van der Waals surface area contributed by atoms with Gasteiger partial charge in [0, 0.05) is 12.4 Å². The maximum Gasteiger partial charge on any atom is 0.271 e. The third-order valence-electron chi connectivity index (χ3n) is 2.35. The van der Waals surface area contributed by atoms with Crippen molar-refractivity contribution in [3.8, 4) is 5.75 Å². The molecule has 1 amide bonds. The summed E-state index contributed by atoms with van der Waals surface area (Å²) in [6.45, 7) is 0.548. The van der Waals surface area contributed by atoms with Gasteiger partial charge >= 0.3 is 0 Å². The first kappa shape index (κ1) is 14.6. The lowest BCUT2D eigenvalue weighted by molar-refractivity contribution is 0.0941. The van der Waals surface area contributed by atoms with Crippen molar-refractivity contribution in [1.82, 2.24) is 15.3 Å². The van der Waals surface area contributed by atoms with Gasteiger partial charge in [0.1, 0.15) is 12.3 Å². The summed E-state index contributed by atoms with van der Waals surface area (Å²) in [4.78, 5) is 19.4. The van der Waals surface area contributed by atoms with Crippen LogP contribution in [0.15, 0.2) is 36.8 Å². The predicted octanol–water partition coefficient (Wildman–Crippen LogP) is 2.59. The molecule has 1 aromatic carbocycles. The molecule has 1 aromatic heterocycles. The number of carbonyl (C=O) groups excluding carboxylic acids is 1. The molecule has 0 unspecified atom stereocenters. The Morgan fingerprint density at radius 1 is 1.25 bits per heavy atom. The molecule has 0 spiro atoms. The fourth-order valence-corrected chi connectivity index (χ4v) is 1.95. The van der Waals surface area contributed by atoms with Crippen LogP contribution in [0.1, 0.15) is 10.5 Å². The highest BCUT2D eigenvalue weighted by Gasteiger charge is 2.08. The number of aromatic nitrogens is 2. The number of ether oxygens (including phenoxy) is 1. The Balaban J connectivity index is 1.81. The highest BCUT2D eigenvalue weighted by Crippen LogP contribution is 2.32. The summed E-state index contributed by atoms with van der Waals surface area (Å²) in [5.41, 5.74) is 0.253. The highest BCUT2D eigenvalue weighted by molar-refractivity contribution is 6.37. The molecule has 104 valence electrons. The first-order chi connectivity index (χ1) is 9.68. The van der Waals surface area contributed by atoms with Gasteiger partial charge in [-0.1, -0.05) is 29.3 Å². The molecular formula is C13H11Cl2N3O2. The van der Waals surface area contributed by atoms with Crippen molar-refractivity contribution in [3.05, 3.63) is 52.5 Å². The number of hydrogen-bond acceptors (Lipinski definition) is 4. The zero-order valence-electron chi connectivity index (χ0n) is 10.3. The van der Waals surface area contributed by atoms with Gasteiger partial charge in [-0.25, -0.2) is 4.98 Å². The molecule has 0 atom stereocenters. The number of halogens is 2. The quantitative estimate of drug-likeness (QED) is 0.862. The predicted molar refractivity (Wildman–Crippen MR) is 76.3 cm³/mol. The standard InChI is InChI=1S/C13H11Cl2N3O2/c14-9-2-1-3-10(15)12(9)20-7-6-18-13(19)11-8-16-4-5-17-11/h1-5,8H,6-7H2,(H,18,19). The monoisotopic (exact) mass is 311 g/mol. The third-order valence-corrected chi connectivity index (χ3v) is 2.94. The number of rotatable bonds is 5. The topological polar surface area (TPSA) is 64.1 Å². The van der Waals surface area contributed by atoms with E-state index in [2.05, 4.69) is 15.3 Å². The van der Waals surface area contributed by atoms with Crippen molar-refractivity contribution in [3.63, 3.8) is 0 Å². The van der Waals surface area contributed by atoms with Crippen molar-refractivity contribution in [1.29, 1.82) is 0 Å². The van der Waals surface area contributed by atoms with Crippen LogP contribution in [0.5, 0.6) is 5.75 Å². The summed E-state index contributed by atoms with van der Waals surface area (Å²) in [6.07, 6.45) is 4.34. The first-order valence-corrected chi connectivity index (χ1v) is 6.55. The zero-order chi connectivity index (χ0) is 14.4. The largest absolute Gasteiger partial charge is 0.489 e. The van der Waals surface area contributed by atoms with Crippen molar-refractivity contribution in [2.24, 2.45) is 0 Å². The Bertz CT molecular complexity index is 573. The molecule has 0 saturated heterocycles. The van der Waals surface area contributed by atoms with E-state index in [1.54, 1.807) is 18.2 Å². The Labute approximate surface area is 125 Å². The molecule has 0 aliphatic rings. The molecule has 1 heterocycles. The molecule has 7 heteroatoms. The van der Waals surface area contributed by atoms with Crippen LogP contribution in [0.2, 0.25) is 10.0 Å². The Kier molecular flexibility index (Phi) is 5.15. The summed E-state index contributed by atoms with van der Waals surface area (Å²) < 4.78 is 5.44. The average Bonchev–Trinajstić information content (AvgIpc) is 2.46. The minimum absolute atomic E-state index is 0.245. The van der Waals surface area contributed by atoms with Crippen LogP contribution in [0.25, 0.3) is 0 Å². The van der Waals surface area contributed by atoms with Crippen LogP contribution >= 0.6 is 23.2 Å². The fraction of sp³-hybridized carbons (Fsp3) is 0.154. The van der Waals surface area contributed by atoms with E-state index in [0.29, 0.717) is 22.3 Å². The van der Waals surface area contributed by atoms with Gasteiger partial charge in [0.2, 0.25) is 0 Å². The second-order valence-corrected chi connectivity index (χ2v) is 4.56. The number of carbonyl (C=O) groups is 1. The minimum atomic E-state index is -0.313.